The van der Waals surface area contributed by atoms with E-state index in [1.807, 2.05) is 29.3 Å². The third-order valence-electron chi connectivity index (χ3n) is 4.84. The highest BCUT2D eigenvalue weighted by molar-refractivity contribution is 7.10. The molecule has 2 saturated heterocycles. The molecule has 0 N–H and O–H groups in total. The lowest BCUT2D eigenvalue weighted by atomic mass is 9.73. The van der Waals surface area contributed by atoms with Gasteiger partial charge in [0.15, 0.2) is 0 Å². The lowest BCUT2D eigenvalue weighted by molar-refractivity contribution is -0.163. The molecule has 3 heterocycles. The number of rotatable bonds is 5. The SMILES string of the molecule is CCOC[C@@]12CCCO[C@@H]1CCN(C(=O)Cc1cccs1)C2. The van der Waals surface area contributed by atoms with Crippen LogP contribution in [0.3, 0.4) is 0 Å². The van der Waals surface area contributed by atoms with E-state index < -0.39 is 0 Å². The largest absolute Gasteiger partial charge is 0.381 e. The Kier molecular flexibility index (Phi) is 5.16. The molecule has 2 aliphatic heterocycles. The minimum atomic E-state index is -0.00236. The fraction of sp³-hybridized carbons (Fsp3) is 0.706. The molecule has 0 aromatic carbocycles. The van der Waals surface area contributed by atoms with Gasteiger partial charge < -0.3 is 14.4 Å². The number of hydrogen-bond donors (Lipinski definition) is 0. The minimum Gasteiger partial charge on any atom is -0.381 e. The molecule has 4 nitrogen and oxygen atoms in total. The molecule has 1 amide bonds. The molecule has 2 atom stereocenters. The first-order valence-corrected chi connectivity index (χ1v) is 9.11. The molecular formula is C17H25NO3S. The Morgan fingerprint density at radius 2 is 2.50 bits per heavy atom. The molecule has 22 heavy (non-hydrogen) atoms. The van der Waals surface area contributed by atoms with E-state index in [1.165, 1.54) is 0 Å². The van der Waals surface area contributed by atoms with E-state index >= 15 is 0 Å². The Morgan fingerprint density at radius 3 is 3.27 bits per heavy atom. The third kappa shape index (κ3) is 3.36. The van der Waals surface area contributed by atoms with Gasteiger partial charge in [-0.05, 0) is 37.6 Å². The number of fused-ring (bicyclic) bond motifs is 1. The molecule has 2 fully saturated rings. The Hall–Kier alpha value is -0.910. The van der Waals surface area contributed by atoms with Crippen molar-refractivity contribution in [2.75, 3.05) is 32.9 Å². The van der Waals surface area contributed by atoms with Crippen LogP contribution in [0.25, 0.3) is 0 Å². The van der Waals surface area contributed by atoms with Crippen molar-refractivity contribution in [1.82, 2.24) is 4.90 Å². The maximum Gasteiger partial charge on any atom is 0.227 e. The summed E-state index contributed by atoms with van der Waals surface area (Å²) < 4.78 is 11.8. The number of hydrogen-bond acceptors (Lipinski definition) is 4. The molecule has 0 saturated carbocycles. The zero-order valence-corrected chi connectivity index (χ0v) is 14.1. The van der Waals surface area contributed by atoms with Crippen molar-refractivity contribution in [3.63, 3.8) is 0 Å². The van der Waals surface area contributed by atoms with E-state index in [2.05, 4.69) is 0 Å². The van der Waals surface area contributed by atoms with E-state index in [0.717, 1.165) is 50.4 Å². The summed E-state index contributed by atoms with van der Waals surface area (Å²) in [4.78, 5) is 15.8. The first kappa shape index (κ1) is 16.0. The smallest absolute Gasteiger partial charge is 0.227 e. The Bertz CT molecular complexity index is 490. The van der Waals surface area contributed by atoms with Crippen LogP contribution in [0.2, 0.25) is 0 Å². The molecule has 0 aliphatic carbocycles. The van der Waals surface area contributed by atoms with Gasteiger partial charge in [-0.3, -0.25) is 4.79 Å². The van der Waals surface area contributed by atoms with Crippen molar-refractivity contribution in [1.29, 1.82) is 0 Å². The second-order valence-corrected chi connectivity index (χ2v) is 7.35. The van der Waals surface area contributed by atoms with E-state index in [-0.39, 0.29) is 17.4 Å². The highest BCUT2D eigenvalue weighted by atomic mass is 32.1. The van der Waals surface area contributed by atoms with Gasteiger partial charge in [0.2, 0.25) is 5.91 Å². The lowest BCUT2D eigenvalue weighted by Crippen LogP contribution is -2.58. The number of carbonyl (C=O) groups is 1. The molecule has 0 spiro atoms. The summed E-state index contributed by atoms with van der Waals surface area (Å²) in [5.41, 5.74) is -0.00236. The second-order valence-electron chi connectivity index (χ2n) is 6.32. The molecule has 0 radical (unpaired) electrons. The Balaban J connectivity index is 1.68. The van der Waals surface area contributed by atoms with Gasteiger partial charge >= 0.3 is 0 Å². The van der Waals surface area contributed by atoms with Crippen LogP contribution in [0.1, 0.15) is 31.1 Å². The third-order valence-corrected chi connectivity index (χ3v) is 5.72. The van der Waals surface area contributed by atoms with Crippen molar-refractivity contribution >= 4 is 17.2 Å². The van der Waals surface area contributed by atoms with Crippen molar-refractivity contribution in [2.24, 2.45) is 5.41 Å². The quantitative estimate of drug-likeness (QED) is 0.836. The normalized spacial score (nSPS) is 28.4. The number of thiophene rings is 1. The molecular weight excluding hydrogens is 298 g/mol. The van der Waals surface area contributed by atoms with Gasteiger partial charge in [-0.15, -0.1) is 11.3 Å². The highest BCUT2D eigenvalue weighted by Crippen LogP contribution is 2.40. The van der Waals surface area contributed by atoms with Crippen LogP contribution < -0.4 is 0 Å². The molecule has 2 aliphatic rings. The van der Waals surface area contributed by atoms with Gasteiger partial charge in [-0.2, -0.15) is 0 Å². The fourth-order valence-corrected chi connectivity index (χ4v) is 4.39. The highest BCUT2D eigenvalue weighted by Gasteiger charge is 2.47. The molecule has 0 unspecified atom stereocenters. The van der Waals surface area contributed by atoms with Gasteiger partial charge in [0.1, 0.15) is 0 Å². The Labute approximate surface area is 136 Å². The van der Waals surface area contributed by atoms with E-state index in [1.54, 1.807) is 11.3 Å². The summed E-state index contributed by atoms with van der Waals surface area (Å²) in [6, 6.07) is 4.04. The predicted molar refractivity (Wildman–Crippen MR) is 87.1 cm³/mol. The molecule has 1 aromatic rings. The summed E-state index contributed by atoms with van der Waals surface area (Å²) in [6.07, 6.45) is 3.87. The molecule has 1 aromatic heterocycles. The molecule has 122 valence electrons. The number of likely N-dealkylation sites (tertiary alicyclic amines) is 1. The average molecular weight is 323 g/mol. The molecule has 3 rings (SSSR count). The maximum absolute atomic E-state index is 12.6. The van der Waals surface area contributed by atoms with Crippen LogP contribution >= 0.6 is 11.3 Å². The summed E-state index contributed by atoms with van der Waals surface area (Å²) in [5, 5.41) is 2.03. The van der Waals surface area contributed by atoms with Crippen molar-refractivity contribution in [2.45, 2.75) is 38.7 Å². The van der Waals surface area contributed by atoms with Crippen LogP contribution in [0.15, 0.2) is 17.5 Å². The maximum atomic E-state index is 12.6. The first-order valence-electron chi connectivity index (χ1n) is 8.23. The van der Waals surface area contributed by atoms with Gasteiger partial charge in [0.25, 0.3) is 0 Å². The molecule has 5 heteroatoms. The fourth-order valence-electron chi connectivity index (χ4n) is 3.69. The van der Waals surface area contributed by atoms with Crippen LogP contribution in [-0.4, -0.2) is 49.8 Å². The number of carbonyl (C=O) groups excluding carboxylic acids is 1. The minimum absolute atomic E-state index is 0.00236. The number of ether oxygens (including phenoxy) is 2. The zero-order chi connectivity index (χ0) is 15.4. The van der Waals surface area contributed by atoms with Gasteiger partial charge in [-0.1, -0.05) is 6.07 Å². The van der Waals surface area contributed by atoms with Crippen LogP contribution in [0, 0.1) is 5.41 Å². The second kappa shape index (κ2) is 7.11. The zero-order valence-electron chi connectivity index (χ0n) is 13.3. The number of nitrogens with zero attached hydrogens (tertiary/aromatic N) is 1. The van der Waals surface area contributed by atoms with E-state index in [9.17, 15) is 4.79 Å². The van der Waals surface area contributed by atoms with Crippen molar-refractivity contribution < 1.29 is 14.3 Å². The summed E-state index contributed by atoms with van der Waals surface area (Å²) in [5.74, 6) is 0.238. The van der Waals surface area contributed by atoms with Crippen molar-refractivity contribution in [3.8, 4) is 0 Å². The van der Waals surface area contributed by atoms with Crippen LogP contribution in [0.4, 0.5) is 0 Å². The summed E-state index contributed by atoms with van der Waals surface area (Å²) >= 11 is 1.65. The monoisotopic (exact) mass is 323 g/mol. The molecule has 0 bridgehead atoms. The first-order chi connectivity index (χ1) is 10.7. The van der Waals surface area contributed by atoms with Gasteiger partial charge in [0.05, 0.1) is 19.1 Å². The summed E-state index contributed by atoms with van der Waals surface area (Å²) in [6.45, 7) is 5.89. The van der Waals surface area contributed by atoms with E-state index in [4.69, 9.17) is 9.47 Å². The number of piperidine rings is 1. The average Bonchev–Trinajstić information content (AvgIpc) is 3.05. The van der Waals surface area contributed by atoms with E-state index in [0.29, 0.717) is 13.0 Å². The lowest BCUT2D eigenvalue weighted by Gasteiger charge is -2.50. The topological polar surface area (TPSA) is 38.8 Å². The van der Waals surface area contributed by atoms with Crippen molar-refractivity contribution in [3.05, 3.63) is 22.4 Å². The van der Waals surface area contributed by atoms with Gasteiger partial charge in [0, 0.05) is 36.6 Å². The Morgan fingerprint density at radius 1 is 1.59 bits per heavy atom. The standard InChI is InChI=1S/C17H25NO3S/c1-2-20-13-17-7-4-9-21-15(17)6-8-18(12-17)16(19)11-14-5-3-10-22-14/h3,5,10,15H,2,4,6-9,11-13H2,1H3/t15-,17+/m1/s1. The summed E-state index contributed by atoms with van der Waals surface area (Å²) in [7, 11) is 0. The van der Waals surface area contributed by atoms with Crippen LogP contribution in [-0.2, 0) is 20.7 Å². The van der Waals surface area contributed by atoms with Crippen LogP contribution in [0.5, 0.6) is 0 Å². The predicted octanol–water partition coefficient (Wildman–Crippen LogP) is 2.72. The number of amides is 1. The van der Waals surface area contributed by atoms with Gasteiger partial charge in [-0.25, -0.2) is 0 Å².